The third-order valence-electron chi connectivity index (χ3n) is 3.90. The number of benzene rings is 1. The molecule has 5 heteroatoms. The van der Waals surface area contributed by atoms with Gasteiger partial charge in [0.25, 0.3) is 0 Å². The third-order valence-corrected chi connectivity index (χ3v) is 7.19. The number of hydrogen-bond donors (Lipinski definition) is 1. The van der Waals surface area contributed by atoms with Gasteiger partial charge in [0.15, 0.2) is 9.84 Å². The molecule has 1 N–H and O–H groups in total. The van der Waals surface area contributed by atoms with Gasteiger partial charge in [0.1, 0.15) is 0 Å². The molecule has 1 saturated carbocycles. The van der Waals surface area contributed by atoms with Gasteiger partial charge >= 0.3 is 0 Å². The van der Waals surface area contributed by atoms with Crippen LogP contribution in [-0.4, -0.2) is 26.3 Å². The highest BCUT2D eigenvalue weighted by molar-refractivity contribution is 9.10. The molecule has 3 nitrogen and oxygen atoms in total. The van der Waals surface area contributed by atoms with Crippen LogP contribution in [0.2, 0.25) is 0 Å². The van der Waals surface area contributed by atoms with Crippen molar-refractivity contribution >= 4 is 25.8 Å². The summed E-state index contributed by atoms with van der Waals surface area (Å²) in [7, 11) is -3.28. The Bertz CT molecular complexity index is 545. The largest absolute Gasteiger partial charge is 0.313 e. The molecular formula is C15H22BrNO2S. The van der Waals surface area contributed by atoms with Crippen LogP contribution in [0.15, 0.2) is 33.6 Å². The Morgan fingerprint density at radius 2 is 1.95 bits per heavy atom. The average molecular weight is 360 g/mol. The molecule has 1 aliphatic rings. The van der Waals surface area contributed by atoms with Gasteiger partial charge in [-0.3, -0.25) is 0 Å². The molecule has 0 aromatic heterocycles. The van der Waals surface area contributed by atoms with Crippen molar-refractivity contribution < 1.29 is 8.42 Å². The van der Waals surface area contributed by atoms with E-state index in [1.54, 1.807) is 18.2 Å². The fourth-order valence-corrected chi connectivity index (χ4v) is 5.91. The van der Waals surface area contributed by atoms with Crippen LogP contribution >= 0.6 is 15.9 Å². The first kappa shape index (κ1) is 16.0. The molecule has 1 aromatic rings. The van der Waals surface area contributed by atoms with Gasteiger partial charge in [-0.1, -0.05) is 31.9 Å². The zero-order chi connectivity index (χ0) is 14.6. The van der Waals surface area contributed by atoms with E-state index in [0.717, 1.165) is 38.6 Å². The number of hydrogen-bond acceptors (Lipinski definition) is 3. The smallest absolute Gasteiger partial charge is 0.183 e. The number of nitrogens with one attached hydrogen (secondary N) is 1. The molecule has 0 aliphatic heterocycles. The Hall–Kier alpha value is -0.390. The average Bonchev–Trinajstić information content (AvgIpc) is 2.45. The fourth-order valence-electron chi connectivity index (χ4n) is 2.87. The Kier molecular flexibility index (Phi) is 5.64. The maximum Gasteiger partial charge on any atom is 0.183 e. The summed E-state index contributed by atoms with van der Waals surface area (Å²) in [5.41, 5.74) is 0. The van der Waals surface area contributed by atoms with Gasteiger partial charge < -0.3 is 5.32 Å². The lowest BCUT2D eigenvalue weighted by molar-refractivity contribution is 0.371. The van der Waals surface area contributed by atoms with Gasteiger partial charge in [-0.25, -0.2) is 8.42 Å². The second-order valence-electron chi connectivity index (χ2n) is 5.36. The molecule has 0 heterocycles. The first-order chi connectivity index (χ1) is 9.57. The molecule has 1 aliphatic carbocycles. The first-order valence-corrected chi connectivity index (χ1v) is 9.63. The van der Waals surface area contributed by atoms with Crippen molar-refractivity contribution in [3.8, 4) is 0 Å². The zero-order valence-electron chi connectivity index (χ0n) is 11.8. The fraction of sp³-hybridized carbons (Fsp3) is 0.600. The van der Waals surface area contributed by atoms with Crippen LogP contribution in [-0.2, 0) is 9.84 Å². The molecule has 20 heavy (non-hydrogen) atoms. The molecule has 2 unspecified atom stereocenters. The predicted molar refractivity (Wildman–Crippen MR) is 85.7 cm³/mol. The predicted octanol–water partition coefficient (Wildman–Crippen LogP) is 3.53. The maximum atomic E-state index is 12.9. The standard InChI is InChI=1S/C15H22BrNO2S/c1-2-11-17-13-8-4-6-10-15(13)20(18,19)14-9-5-3-7-12(14)16/h3,5,7,9,13,15,17H,2,4,6,8,10-11H2,1H3. The van der Waals surface area contributed by atoms with Crippen molar-refractivity contribution in [2.45, 2.75) is 55.2 Å². The molecule has 2 atom stereocenters. The highest BCUT2D eigenvalue weighted by Crippen LogP contribution is 2.32. The minimum absolute atomic E-state index is 0.0841. The zero-order valence-corrected chi connectivity index (χ0v) is 14.2. The van der Waals surface area contributed by atoms with Crippen molar-refractivity contribution in [3.05, 3.63) is 28.7 Å². The maximum absolute atomic E-state index is 12.9. The number of sulfone groups is 1. The van der Waals surface area contributed by atoms with Crippen molar-refractivity contribution in [2.24, 2.45) is 0 Å². The summed E-state index contributed by atoms with van der Waals surface area (Å²) in [5, 5.41) is 3.12. The van der Waals surface area contributed by atoms with E-state index in [1.165, 1.54) is 0 Å². The van der Waals surface area contributed by atoms with E-state index in [2.05, 4.69) is 28.2 Å². The van der Waals surface area contributed by atoms with Crippen molar-refractivity contribution in [2.75, 3.05) is 6.54 Å². The van der Waals surface area contributed by atoms with Crippen molar-refractivity contribution in [1.29, 1.82) is 0 Å². The van der Waals surface area contributed by atoms with Crippen LogP contribution in [0.1, 0.15) is 39.0 Å². The molecule has 0 radical (unpaired) electrons. The van der Waals surface area contributed by atoms with Gasteiger partial charge in [-0.2, -0.15) is 0 Å². The molecular weight excluding hydrogens is 338 g/mol. The van der Waals surface area contributed by atoms with Crippen LogP contribution in [0, 0.1) is 0 Å². The molecule has 1 fully saturated rings. The Morgan fingerprint density at radius 1 is 1.25 bits per heavy atom. The lowest BCUT2D eigenvalue weighted by atomic mass is 9.95. The molecule has 112 valence electrons. The quantitative estimate of drug-likeness (QED) is 0.874. The molecule has 0 saturated heterocycles. The second kappa shape index (κ2) is 7.05. The highest BCUT2D eigenvalue weighted by atomic mass is 79.9. The van der Waals surface area contributed by atoms with Gasteiger partial charge in [0.05, 0.1) is 10.1 Å². The van der Waals surface area contributed by atoms with E-state index in [1.807, 2.05) is 6.07 Å². The lowest BCUT2D eigenvalue weighted by Crippen LogP contribution is -2.46. The van der Waals surface area contributed by atoms with E-state index in [9.17, 15) is 8.42 Å². The summed E-state index contributed by atoms with van der Waals surface area (Å²) in [6.07, 6.45) is 4.85. The highest BCUT2D eigenvalue weighted by Gasteiger charge is 2.36. The Balaban J connectivity index is 2.28. The summed E-state index contributed by atoms with van der Waals surface area (Å²) in [6, 6.07) is 7.21. The molecule has 0 bridgehead atoms. The van der Waals surface area contributed by atoms with Crippen LogP contribution < -0.4 is 5.32 Å². The molecule has 0 amide bonds. The van der Waals surface area contributed by atoms with E-state index in [4.69, 9.17) is 0 Å². The minimum Gasteiger partial charge on any atom is -0.313 e. The summed E-state index contributed by atoms with van der Waals surface area (Å²) < 4.78 is 26.5. The van der Waals surface area contributed by atoms with Crippen molar-refractivity contribution in [1.82, 2.24) is 5.32 Å². The summed E-state index contributed by atoms with van der Waals surface area (Å²) in [5.74, 6) is 0. The Labute approximate surface area is 130 Å². The summed E-state index contributed by atoms with van der Waals surface area (Å²) in [6.45, 7) is 2.99. The van der Waals surface area contributed by atoms with Crippen LogP contribution in [0.25, 0.3) is 0 Å². The van der Waals surface area contributed by atoms with Gasteiger partial charge in [-0.05, 0) is 53.9 Å². The van der Waals surface area contributed by atoms with E-state index in [0.29, 0.717) is 9.37 Å². The molecule has 0 spiro atoms. The van der Waals surface area contributed by atoms with E-state index < -0.39 is 9.84 Å². The third kappa shape index (κ3) is 3.43. The van der Waals surface area contributed by atoms with Gasteiger partial charge in [0.2, 0.25) is 0 Å². The van der Waals surface area contributed by atoms with Crippen LogP contribution in [0.3, 0.4) is 0 Å². The van der Waals surface area contributed by atoms with Crippen LogP contribution in [0.5, 0.6) is 0 Å². The van der Waals surface area contributed by atoms with Crippen molar-refractivity contribution in [3.63, 3.8) is 0 Å². The minimum atomic E-state index is -3.28. The lowest BCUT2D eigenvalue weighted by Gasteiger charge is -2.32. The van der Waals surface area contributed by atoms with Gasteiger partial charge in [0, 0.05) is 10.5 Å². The molecule has 2 rings (SSSR count). The molecule has 1 aromatic carbocycles. The van der Waals surface area contributed by atoms with E-state index in [-0.39, 0.29) is 11.3 Å². The van der Waals surface area contributed by atoms with Gasteiger partial charge in [-0.15, -0.1) is 0 Å². The second-order valence-corrected chi connectivity index (χ2v) is 8.35. The number of rotatable bonds is 5. The number of halogens is 1. The topological polar surface area (TPSA) is 46.2 Å². The summed E-state index contributed by atoms with van der Waals surface area (Å²) in [4.78, 5) is 0.426. The summed E-state index contributed by atoms with van der Waals surface area (Å²) >= 11 is 3.37. The Morgan fingerprint density at radius 3 is 2.65 bits per heavy atom. The SMILES string of the molecule is CCCNC1CCCCC1S(=O)(=O)c1ccccc1Br. The monoisotopic (exact) mass is 359 g/mol. The van der Waals surface area contributed by atoms with E-state index >= 15 is 0 Å². The first-order valence-electron chi connectivity index (χ1n) is 7.29. The normalized spacial score (nSPS) is 23.7. The van der Waals surface area contributed by atoms with Crippen LogP contribution in [0.4, 0.5) is 0 Å².